The average molecular weight is 341 g/mol. The third-order valence-corrected chi connectivity index (χ3v) is 5.60. The van der Waals surface area contributed by atoms with E-state index in [2.05, 4.69) is 17.6 Å². The van der Waals surface area contributed by atoms with Crippen LogP contribution in [0, 0.1) is 11.8 Å². The first-order valence-electron chi connectivity index (χ1n) is 9.41. The van der Waals surface area contributed by atoms with Crippen LogP contribution in [0.2, 0.25) is 0 Å². The molecule has 4 N–H and O–H groups in total. The minimum Gasteiger partial charge on any atom is -0.367 e. The lowest BCUT2D eigenvalue weighted by Crippen LogP contribution is -2.56. The van der Waals surface area contributed by atoms with E-state index >= 15 is 0 Å². The number of urea groups is 1. The summed E-state index contributed by atoms with van der Waals surface area (Å²) in [7, 11) is 0. The van der Waals surface area contributed by atoms with E-state index in [0.29, 0.717) is 13.0 Å². The van der Waals surface area contributed by atoms with Crippen molar-refractivity contribution < 1.29 is 14.0 Å². The van der Waals surface area contributed by atoms with E-state index in [-0.39, 0.29) is 18.0 Å². The van der Waals surface area contributed by atoms with Crippen molar-refractivity contribution in [3.05, 3.63) is 0 Å². The number of rotatable bonds is 11. The zero-order valence-corrected chi connectivity index (χ0v) is 14.8. The third-order valence-electron chi connectivity index (χ3n) is 5.60. The number of halogens is 1. The van der Waals surface area contributed by atoms with Gasteiger partial charge < -0.3 is 16.4 Å². The lowest BCUT2D eigenvalue weighted by atomic mass is 9.73. The largest absolute Gasteiger partial charge is 0.367 e. The van der Waals surface area contributed by atoms with Crippen LogP contribution in [0.25, 0.3) is 0 Å². The van der Waals surface area contributed by atoms with Gasteiger partial charge in [0.2, 0.25) is 0 Å². The van der Waals surface area contributed by atoms with Crippen molar-refractivity contribution in [1.82, 2.24) is 10.6 Å². The Labute approximate surface area is 144 Å². The molecule has 2 fully saturated rings. The molecule has 0 saturated heterocycles. The van der Waals surface area contributed by atoms with Gasteiger partial charge in [-0.1, -0.05) is 26.2 Å². The Morgan fingerprint density at radius 1 is 1.25 bits per heavy atom. The maximum atomic E-state index is 13.0. The van der Waals surface area contributed by atoms with Gasteiger partial charge in [-0.15, -0.1) is 0 Å². The van der Waals surface area contributed by atoms with Gasteiger partial charge in [-0.05, 0) is 56.8 Å². The fourth-order valence-electron chi connectivity index (χ4n) is 3.60. The van der Waals surface area contributed by atoms with E-state index in [9.17, 15) is 14.0 Å². The van der Waals surface area contributed by atoms with Crippen molar-refractivity contribution in [1.29, 1.82) is 0 Å². The first kappa shape index (κ1) is 19.0. The summed E-state index contributed by atoms with van der Waals surface area (Å²) >= 11 is 0. The molecule has 2 unspecified atom stereocenters. The molecule has 0 bridgehead atoms. The minimum atomic E-state index is -1.53. The molecule has 0 aromatic heterocycles. The molecular weight excluding hydrogens is 309 g/mol. The van der Waals surface area contributed by atoms with Crippen molar-refractivity contribution in [2.24, 2.45) is 17.6 Å². The highest BCUT2D eigenvalue weighted by atomic mass is 19.1. The van der Waals surface area contributed by atoms with Gasteiger partial charge in [-0.3, -0.25) is 4.79 Å². The molecule has 0 heterocycles. The SMILES string of the molecule is C[C@H]1CC1CC1(NC(=O)NCCCCCCC(F)C(N)=O)CCC1. The van der Waals surface area contributed by atoms with Gasteiger partial charge >= 0.3 is 6.03 Å². The molecule has 3 atom stereocenters. The van der Waals surface area contributed by atoms with E-state index in [0.717, 1.165) is 50.4 Å². The number of nitrogens with two attached hydrogens (primary N) is 1. The Morgan fingerprint density at radius 3 is 2.46 bits per heavy atom. The predicted molar refractivity (Wildman–Crippen MR) is 92.2 cm³/mol. The fourth-order valence-corrected chi connectivity index (χ4v) is 3.60. The Bertz CT molecular complexity index is 440. The summed E-state index contributed by atoms with van der Waals surface area (Å²) in [5, 5.41) is 6.13. The number of alkyl halides is 1. The Kier molecular flexibility index (Phi) is 6.87. The summed E-state index contributed by atoms with van der Waals surface area (Å²) in [6.45, 7) is 2.92. The van der Waals surface area contributed by atoms with Gasteiger partial charge in [0.05, 0.1) is 0 Å². The molecule has 24 heavy (non-hydrogen) atoms. The molecule has 2 rings (SSSR count). The molecule has 2 saturated carbocycles. The second-order valence-electron chi connectivity index (χ2n) is 7.76. The second kappa shape index (κ2) is 8.67. The molecule has 2 aliphatic carbocycles. The molecule has 0 spiro atoms. The Balaban J connectivity index is 1.50. The lowest BCUT2D eigenvalue weighted by Gasteiger charge is -2.43. The van der Waals surface area contributed by atoms with E-state index in [1.165, 1.54) is 12.8 Å². The molecule has 5 nitrogen and oxygen atoms in total. The van der Waals surface area contributed by atoms with Gasteiger partial charge in [0.15, 0.2) is 6.17 Å². The smallest absolute Gasteiger partial charge is 0.315 e. The molecule has 6 heteroatoms. The van der Waals surface area contributed by atoms with Crippen LogP contribution in [0.5, 0.6) is 0 Å². The molecule has 0 aliphatic heterocycles. The lowest BCUT2D eigenvalue weighted by molar-refractivity contribution is -0.122. The van der Waals surface area contributed by atoms with Crippen molar-refractivity contribution in [3.8, 4) is 0 Å². The summed E-state index contributed by atoms with van der Waals surface area (Å²) in [5.41, 5.74) is 4.92. The number of carbonyl (C=O) groups excluding carboxylic acids is 2. The third kappa shape index (κ3) is 5.95. The van der Waals surface area contributed by atoms with Gasteiger partial charge in [0.1, 0.15) is 0 Å². The summed E-state index contributed by atoms with van der Waals surface area (Å²) in [4.78, 5) is 22.6. The Morgan fingerprint density at radius 2 is 1.92 bits per heavy atom. The van der Waals surface area contributed by atoms with Gasteiger partial charge in [-0.25, -0.2) is 9.18 Å². The second-order valence-corrected chi connectivity index (χ2v) is 7.76. The molecule has 138 valence electrons. The molecule has 0 aromatic rings. The number of nitrogens with one attached hydrogen (secondary N) is 2. The van der Waals surface area contributed by atoms with Crippen LogP contribution in [-0.4, -0.2) is 30.2 Å². The van der Waals surface area contributed by atoms with Crippen LogP contribution in [0.15, 0.2) is 0 Å². The summed E-state index contributed by atoms with van der Waals surface area (Å²) in [6, 6.07) is -0.0550. The van der Waals surface area contributed by atoms with Crippen LogP contribution in [-0.2, 0) is 4.79 Å². The normalized spacial score (nSPS) is 25.4. The predicted octanol–water partition coefficient (Wildman–Crippen LogP) is 3.03. The Hall–Kier alpha value is -1.33. The highest BCUT2D eigenvalue weighted by Crippen LogP contribution is 2.48. The van der Waals surface area contributed by atoms with Crippen LogP contribution in [0.3, 0.4) is 0 Å². The molecule has 0 radical (unpaired) electrons. The first-order valence-corrected chi connectivity index (χ1v) is 9.41. The van der Waals surface area contributed by atoms with Gasteiger partial charge in [0.25, 0.3) is 5.91 Å². The first-order chi connectivity index (χ1) is 11.4. The monoisotopic (exact) mass is 341 g/mol. The van der Waals surface area contributed by atoms with Crippen molar-refractivity contribution in [2.75, 3.05) is 6.54 Å². The number of carbonyl (C=O) groups is 2. The van der Waals surface area contributed by atoms with Crippen LogP contribution >= 0.6 is 0 Å². The quantitative estimate of drug-likeness (QED) is 0.505. The standard InChI is InChI=1S/C18H32FN3O2/c1-13-11-14(13)12-18(8-6-9-18)22-17(24)21-10-5-3-2-4-7-15(19)16(20)23/h13-15H,2-12H2,1H3,(H2,20,23)(H2,21,22,24)/t13-,14?,15?/m0/s1. The number of unbranched alkanes of at least 4 members (excludes halogenated alkanes) is 3. The highest BCUT2D eigenvalue weighted by Gasteiger charge is 2.45. The number of hydrogen-bond acceptors (Lipinski definition) is 2. The van der Waals surface area contributed by atoms with Crippen LogP contribution in [0.1, 0.15) is 71.1 Å². The topological polar surface area (TPSA) is 84.2 Å². The van der Waals surface area contributed by atoms with Crippen LogP contribution < -0.4 is 16.4 Å². The van der Waals surface area contributed by atoms with E-state index < -0.39 is 12.1 Å². The maximum absolute atomic E-state index is 13.0. The van der Waals surface area contributed by atoms with E-state index in [1.807, 2.05) is 0 Å². The van der Waals surface area contributed by atoms with Gasteiger partial charge in [0, 0.05) is 12.1 Å². The maximum Gasteiger partial charge on any atom is 0.315 e. The zero-order valence-electron chi connectivity index (χ0n) is 14.8. The molecule has 3 amide bonds. The summed E-state index contributed by atoms with van der Waals surface area (Å²) in [5.74, 6) is 0.745. The molecule has 0 aromatic carbocycles. The zero-order chi connectivity index (χ0) is 17.6. The highest BCUT2D eigenvalue weighted by molar-refractivity contribution is 5.78. The van der Waals surface area contributed by atoms with Gasteiger partial charge in [-0.2, -0.15) is 0 Å². The number of amides is 3. The van der Waals surface area contributed by atoms with Crippen molar-refractivity contribution >= 4 is 11.9 Å². The average Bonchev–Trinajstić information content (AvgIpc) is 3.18. The summed E-state index contributed by atoms with van der Waals surface area (Å²) < 4.78 is 13.0. The van der Waals surface area contributed by atoms with E-state index in [4.69, 9.17) is 5.73 Å². The van der Waals surface area contributed by atoms with Crippen molar-refractivity contribution in [2.45, 2.75) is 82.8 Å². The molecule has 2 aliphatic rings. The van der Waals surface area contributed by atoms with Crippen molar-refractivity contribution in [3.63, 3.8) is 0 Å². The van der Waals surface area contributed by atoms with Crippen LogP contribution in [0.4, 0.5) is 9.18 Å². The summed E-state index contributed by atoms with van der Waals surface area (Å²) in [6.07, 6.45) is 7.81. The number of primary amides is 1. The minimum absolute atomic E-state index is 0.0460. The fraction of sp³-hybridized carbons (Fsp3) is 0.889. The number of hydrogen-bond donors (Lipinski definition) is 3. The molecular formula is C18H32FN3O2. The van der Waals surface area contributed by atoms with E-state index in [1.54, 1.807) is 0 Å².